The lowest BCUT2D eigenvalue weighted by Gasteiger charge is -2.23. The van der Waals surface area contributed by atoms with E-state index >= 15 is 0 Å². The summed E-state index contributed by atoms with van der Waals surface area (Å²) in [5.41, 5.74) is 2.16. The highest BCUT2D eigenvalue weighted by atomic mass is 32.2. The SMILES string of the molecule is COC(=O)C1=C(C(=O)OC)SC(c2ccc(C(=O)N3CCC[C@H]3C(=O)OCc3ccccc3)cc2)S1. The fourth-order valence-electron chi connectivity index (χ4n) is 3.98. The fourth-order valence-corrected chi connectivity index (χ4v) is 6.79. The van der Waals surface area contributed by atoms with Crippen LogP contribution >= 0.6 is 23.5 Å². The summed E-state index contributed by atoms with van der Waals surface area (Å²) in [5.74, 6) is -1.84. The number of hydrogen-bond donors (Lipinski definition) is 0. The van der Waals surface area contributed by atoms with Crippen LogP contribution in [0.5, 0.6) is 0 Å². The van der Waals surface area contributed by atoms with Gasteiger partial charge in [0.2, 0.25) is 0 Å². The van der Waals surface area contributed by atoms with E-state index in [0.29, 0.717) is 18.5 Å². The maximum atomic E-state index is 13.2. The van der Waals surface area contributed by atoms with Crippen molar-refractivity contribution in [3.63, 3.8) is 0 Å². The molecule has 2 aliphatic heterocycles. The summed E-state index contributed by atoms with van der Waals surface area (Å²) in [6, 6.07) is 15.7. The quantitative estimate of drug-likeness (QED) is 0.390. The molecule has 0 spiro atoms. The van der Waals surface area contributed by atoms with Crippen molar-refractivity contribution in [2.45, 2.75) is 30.1 Å². The van der Waals surface area contributed by atoms with Gasteiger partial charge >= 0.3 is 17.9 Å². The van der Waals surface area contributed by atoms with Crippen LogP contribution < -0.4 is 0 Å². The predicted octanol–water partition coefficient (Wildman–Crippen LogP) is 4.07. The van der Waals surface area contributed by atoms with Gasteiger partial charge in [-0.3, -0.25) is 4.79 Å². The molecule has 1 fully saturated rings. The molecule has 1 saturated heterocycles. The number of likely N-dealkylation sites (tertiary alicyclic amines) is 1. The molecule has 0 saturated carbocycles. The third-order valence-electron chi connectivity index (χ3n) is 5.84. The molecule has 8 nitrogen and oxygen atoms in total. The maximum Gasteiger partial charge on any atom is 0.345 e. The zero-order valence-corrected chi connectivity index (χ0v) is 21.4. The van der Waals surface area contributed by atoms with E-state index in [0.717, 1.165) is 17.5 Å². The van der Waals surface area contributed by atoms with Crippen molar-refractivity contribution in [3.8, 4) is 0 Å². The summed E-state index contributed by atoms with van der Waals surface area (Å²) in [6.07, 6.45) is 1.29. The Kier molecular flexibility index (Phi) is 8.37. The normalized spacial score (nSPS) is 17.7. The Bertz CT molecular complexity index is 1150. The number of hydrogen-bond acceptors (Lipinski definition) is 9. The number of amides is 1. The smallest absolute Gasteiger partial charge is 0.345 e. The minimum atomic E-state index is -0.615. The van der Waals surface area contributed by atoms with Crippen molar-refractivity contribution >= 4 is 47.3 Å². The van der Waals surface area contributed by atoms with Crippen LogP contribution in [0.15, 0.2) is 64.4 Å². The molecule has 0 radical (unpaired) electrons. The Morgan fingerprint density at radius 2 is 1.50 bits per heavy atom. The molecular weight excluding hydrogens is 502 g/mol. The highest BCUT2D eigenvalue weighted by Gasteiger charge is 2.37. The van der Waals surface area contributed by atoms with Gasteiger partial charge in [-0.15, -0.1) is 0 Å². The Morgan fingerprint density at radius 1 is 0.889 bits per heavy atom. The molecule has 2 aliphatic rings. The lowest BCUT2D eigenvalue weighted by molar-refractivity contribution is -0.149. The van der Waals surface area contributed by atoms with Gasteiger partial charge in [0.05, 0.1) is 18.8 Å². The van der Waals surface area contributed by atoms with Crippen molar-refractivity contribution in [2.75, 3.05) is 20.8 Å². The molecule has 2 aromatic rings. The molecule has 188 valence electrons. The van der Waals surface area contributed by atoms with E-state index in [2.05, 4.69) is 0 Å². The van der Waals surface area contributed by atoms with E-state index < -0.39 is 23.9 Å². The van der Waals surface area contributed by atoms with Crippen LogP contribution in [0.1, 0.15) is 38.9 Å². The van der Waals surface area contributed by atoms with E-state index in [4.69, 9.17) is 14.2 Å². The molecule has 4 rings (SSSR count). The summed E-state index contributed by atoms with van der Waals surface area (Å²) in [7, 11) is 2.51. The lowest BCUT2D eigenvalue weighted by atomic mass is 10.1. The van der Waals surface area contributed by atoms with Gasteiger partial charge < -0.3 is 19.1 Å². The van der Waals surface area contributed by atoms with Gasteiger partial charge in [-0.05, 0) is 36.1 Å². The molecule has 1 atom stereocenters. The maximum absolute atomic E-state index is 13.2. The van der Waals surface area contributed by atoms with Crippen LogP contribution in [0.25, 0.3) is 0 Å². The van der Waals surface area contributed by atoms with Crippen molar-refractivity contribution in [1.82, 2.24) is 4.90 Å². The second-order valence-corrected chi connectivity index (χ2v) is 10.6. The van der Waals surface area contributed by atoms with Gasteiger partial charge in [0.25, 0.3) is 5.91 Å². The number of rotatable bonds is 7. The minimum Gasteiger partial charge on any atom is -0.465 e. The molecule has 0 aromatic heterocycles. The number of benzene rings is 2. The van der Waals surface area contributed by atoms with E-state index in [1.807, 2.05) is 30.3 Å². The van der Waals surface area contributed by atoms with Gasteiger partial charge in [0, 0.05) is 12.1 Å². The third kappa shape index (κ3) is 5.60. The highest BCUT2D eigenvalue weighted by Crippen LogP contribution is 2.55. The van der Waals surface area contributed by atoms with Crippen molar-refractivity contribution in [2.24, 2.45) is 0 Å². The number of methoxy groups -OCH3 is 2. The number of carbonyl (C=O) groups excluding carboxylic acids is 4. The predicted molar refractivity (Wildman–Crippen MR) is 136 cm³/mol. The second-order valence-electron chi connectivity index (χ2n) is 8.08. The molecular formula is C26H25NO7S2. The average molecular weight is 528 g/mol. The molecule has 2 heterocycles. The van der Waals surface area contributed by atoms with Crippen LogP contribution in [0, 0.1) is 0 Å². The summed E-state index contributed by atoms with van der Waals surface area (Å²) in [6.45, 7) is 0.647. The molecule has 0 aliphatic carbocycles. The topological polar surface area (TPSA) is 99.2 Å². The summed E-state index contributed by atoms with van der Waals surface area (Å²) in [5, 5.41) is 0. The Balaban J connectivity index is 1.41. The zero-order valence-electron chi connectivity index (χ0n) is 19.8. The monoisotopic (exact) mass is 527 g/mol. The van der Waals surface area contributed by atoms with Crippen molar-refractivity contribution < 1.29 is 33.4 Å². The first-order valence-corrected chi connectivity index (χ1v) is 13.0. The summed E-state index contributed by atoms with van der Waals surface area (Å²) < 4.78 is 14.8. The summed E-state index contributed by atoms with van der Waals surface area (Å²) >= 11 is 2.41. The standard InChI is InChI=1S/C26H25NO7S2/c1-32-24(30)20-21(25(31)33-2)36-26(35-20)18-12-10-17(11-13-18)22(28)27-14-6-9-19(27)23(29)34-15-16-7-4-3-5-8-16/h3-5,7-8,10-13,19,26H,6,9,14-15H2,1-2H3/t19-/m0/s1. The minimum absolute atomic E-state index is 0.165. The number of nitrogens with zero attached hydrogens (tertiary/aromatic N) is 1. The van der Waals surface area contributed by atoms with Gasteiger partial charge in [-0.1, -0.05) is 66.0 Å². The van der Waals surface area contributed by atoms with Gasteiger partial charge in [-0.2, -0.15) is 0 Å². The Labute approximate surface area is 217 Å². The molecule has 10 heteroatoms. The van der Waals surface area contributed by atoms with E-state index in [1.54, 1.807) is 29.2 Å². The largest absolute Gasteiger partial charge is 0.465 e. The Morgan fingerprint density at radius 3 is 2.08 bits per heavy atom. The molecule has 0 N–H and O–H groups in total. The number of thioether (sulfide) groups is 2. The van der Waals surface area contributed by atoms with Crippen LogP contribution in [0.4, 0.5) is 0 Å². The van der Waals surface area contributed by atoms with Crippen LogP contribution in [-0.2, 0) is 35.2 Å². The zero-order chi connectivity index (χ0) is 25.7. The van der Waals surface area contributed by atoms with Crippen molar-refractivity contribution in [1.29, 1.82) is 0 Å². The second kappa shape index (κ2) is 11.7. The van der Waals surface area contributed by atoms with Crippen LogP contribution in [0.3, 0.4) is 0 Å². The molecule has 36 heavy (non-hydrogen) atoms. The molecule has 0 unspecified atom stereocenters. The first-order chi connectivity index (χ1) is 17.4. The average Bonchev–Trinajstić information content (AvgIpc) is 3.59. The van der Waals surface area contributed by atoms with E-state index in [9.17, 15) is 19.2 Å². The van der Waals surface area contributed by atoms with Crippen molar-refractivity contribution in [3.05, 3.63) is 81.1 Å². The molecule has 1 amide bonds. The number of ether oxygens (including phenoxy) is 3. The third-order valence-corrected chi connectivity index (χ3v) is 8.73. The highest BCUT2D eigenvalue weighted by molar-refractivity contribution is 8.23. The van der Waals surface area contributed by atoms with E-state index in [-0.39, 0.29) is 26.9 Å². The fraction of sp³-hybridized carbons (Fsp3) is 0.308. The number of carbonyl (C=O) groups is 4. The first kappa shape index (κ1) is 25.8. The van der Waals surface area contributed by atoms with Gasteiger partial charge in [0.15, 0.2) is 0 Å². The lowest BCUT2D eigenvalue weighted by Crippen LogP contribution is -2.41. The number of esters is 3. The van der Waals surface area contributed by atoms with Gasteiger partial charge in [-0.25, -0.2) is 14.4 Å². The Hall–Kier alpha value is -3.24. The van der Waals surface area contributed by atoms with Crippen LogP contribution in [0.2, 0.25) is 0 Å². The van der Waals surface area contributed by atoms with Crippen LogP contribution in [-0.4, -0.2) is 55.5 Å². The molecule has 2 aromatic carbocycles. The van der Waals surface area contributed by atoms with Gasteiger partial charge in [0.1, 0.15) is 22.5 Å². The summed E-state index contributed by atoms with van der Waals surface area (Å²) in [4.78, 5) is 52.1. The molecule has 0 bridgehead atoms. The van der Waals surface area contributed by atoms with E-state index in [1.165, 1.54) is 37.7 Å². The first-order valence-electron chi connectivity index (χ1n) is 11.3.